The molecule has 0 aromatic carbocycles. The highest BCUT2D eigenvalue weighted by Crippen LogP contribution is 2.40. The lowest BCUT2D eigenvalue weighted by Gasteiger charge is -2.34. The first-order valence-corrected chi connectivity index (χ1v) is 9.42. The smallest absolute Gasteiger partial charge is 0.273 e. The van der Waals surface area contributed by atoms with Crippen molar-refractivity contribution in [1.82, 2.24) is 15.8 Å². The predicted molar refractivity (Wildman–Crippen MR) is 90.8 cm³/mol. The Labute approximate surface area is 147 Å². The molecular weight excluding hydrogens is 320 g/mol. The van der Waals surface area contributed by atoms with Gasteiger partial charge in [-0.3, -0.25) is 9.59 Å². The number of nitrogens with zero attached hydrogens (tertiary/aromatic N) is 1. The molecule has 4 rings (SSSR count). The van der Waals surface area contributed by atoms with Crippen LogP contribution in [0.4, 0.5) is 0 Å². The van der Waals surface area contributed by atoms with Gasteiger partial charge in [-0.25, -0.2) is 0 Å². The number of rotatable bonds is 5. The Morgan fingerprint density at radius 1 is 1.04 bits per heavy atom. The molecule has 0 spiro atoms. The molecule has 0 aliphatic heterocycles. The van der Waals surface area contributed by atoms with E-state index in [0.717, 1.165) is 57.1 Å². The second kappa shape index (κ2) is 6.78. The fourth-order valence-electron chi connectivity index (χ4n) is 3.79. The molecule has 3 saturated carbocycles. The van der Waals surface area contributed by atoms with Gasteiger partial charge in [0.15, 0.2) is 5.69 Å². The molecule has 0 bridgehead atoms. The Bertz CT molecular complexity index is 641. The van der Waals surface area contributed by atoms with Crippen molar-refractivity contribution in [2.75, 3.05) is 0 Å². The average Bonchev–Trinajstić information content (AvgIpc) is 3.30. The molecule has 0 saturated heterocycles. The zero-order chi connectivity index (χ0) is 17.4. The minimum absolute atomic E-state index is 0.0975. The summed E-state index contributed by atoms with van der Waals surface area (Å²) in [5.41, 5.74) is 6.12. The molecule has 25 heavy (non-hydrogen) atoms. The number of nitrogens with two attached hydrogens (primary N) is 1. The van der Waals surface area contributed by atoms with Gasteiger partial charge in [0.25, 0.3) is 5.91 Å². The summed E-state index contributed by atoms with van der Waals surface area (Å²) in [5, 5.41) is 10.1. The van der Waals surface area contributed by atoms with Gasteiger partial charge in [-0.15, -0.1) is 0 Å². The lowest BCUT2D eigenvalue weighted by Crippen LogP contribution is -2.49. The number of nitrogens with one attached hydrogen (secondary N) is 2. The maximum absolute atomic E-state index is 12.3. The van der Waals surface area contributed by atoms with Crippen LogP contribution in [-0.4, -0.2) is 35.1 Å². The number of aromatic nitrogens is 1. The Hall–Kier alpha value is -1.89. The van der Waals surface area contributed by atoms with Crippen LogP contribution in [0.5, 0.6) is 0 Å². The van der Waals surface area contributed by atoms with E-state index in [0.29, 0.717) is 11.6 Å². The van der Waals surface area contributed by atoms with E-state index in [9.17, 15) is 9.59 Å². The summed E-state index contributed by atoms with van der Waals surface area (Å²) >= 11 is 0. The van der Waals surface area contributed by atoms with Crippen LogP contribution in [0.1, 0.15) is 73.5 Å². The van der Waals surface area contributed by atoms with E-state index in [1.807, 2.05) is 0 Å². The first kappa shape index (κ1) is 16.6. The normalized spacial score (nSPS) is 31.9. The maximum Gasteiger partial charge on any atom is 0.273 e. The fourth-order valence-corrected chi connectivity index (χ4v) is 3.79. The Morgan fingerprint density at radius 3 is 2.28 bits per heavy atom. The number of amides is 2. The molecule has 2 amide bonds. The third-order valence-electron chi connectivity index (χ3n) is 5.69. The Balaban J connectivity index is 1.20. The Morgan fingerprint density at radius 2 is 1.68 bits per heavy atom. The molecule has 7 nitrogen and oxygen atoms in total. The third-order valence-corrected chi connectivity index (χ3v) is 5.69. The van der Waals surface area contributed by atoms with Gasteiger partial charge >= 0.3 is 0 Å². The zero-order valence-corrected chi connectivity index (χ0v) is 14.4. The van der Waals surface area contributed by atoms with Crippen LogP contribution in [0, 0.1) is 5.92 Å². The Kier molecular flexibility index (Phi) is 4.50. The van der Waals surface area contributed by atoms with Crippen molar-refractivity contribution >= 4 is 11.8 Å². The summed E-state index contributed by atoms with van der Waals surface area (Å²) < 4.78 is 5.24. The van der Waals surface area contributed by atoms with Gasteiger partial charge in [-0.2, -0.15) is 0 Å². The highest BCUT2D eigenvalue weighted by Gasteiger charge is 2.34. The van der Waals surface area contributed by atoms with Crippen LogP contribution < -0.4 is 16.4 Å². The molecule has 0 radical (unpaired) electrons. The van der Waals surface area contributed by atoms with Gasteiger partial charge in [0.05, 0.1) is 0 Å². The van der Waals surface area contributed by atoms with Crippen molar-refractivity contribution in [1.29, 1.82) is 0 Å². The number of hydrogen-bond acceptors (Lipinski definition) is 5. The van der Waals surface area contributed by atoms with Gasteiger partial charge in [0.2, 0.25) is 5.91 Å². The van der Waals surface area contributed by atoms with Crippen molar-refractivity contribution in [3.8, 4) is 0 Å². The first-order valence-electron chi connectivity index (χ1n) is 9.42. The first-order chi connectivity index (χ1) is 12.1. The van der Waals surface area contributed by atoms with Crippen LogP contribution in [0.2, 0.25) is 0 Å². The molecule has 136 valence electrons. The van der Waals surface area contributed by atoms with Crippen LogP contribution in [0.25, 0.3) is 0 Å². The van der Waals surface area contributed by atoms with E-state index in [-0.39, 0.29) is 35.9 Å². The van der Waals surface area contributed by atoms with E-state index >= 15 is 0 Å². The quantitative estimate of drug-likeness (QED) is 0.747. The van der Waals surface area contributed by atoms with Crippen LogP contribution >= 0.6 is 0 Å². The van der Waals surface area contributed by atoms with Crippen molar-refractivity contribution in [2.45, 2.75) is 75.4 Å². The van der Waals surface area contributed by atoms with Crippen LogP contribution in [0.15, 0.2) is 10.6 Å². The molecule has 1 aromatic rings. The highest BCUT2D eigenvalue weighted by molar-refractivity contribution is 5.92. The molecule has 3 aliphatic carbocycles. The average molecular weight is 346 g/mol. The van der Waals surface area contributed by atoms with Gasteiger partial charge in [0.1, 0.15) is 5.76 Å². The lowest BCUT2D eigenvalue weighted by atomic mass is 9.80. The number of hydrogen-bond donors (Lipinski definition) is 3. The highest BCUT2D eigenvalue weighted by atomic mass is 16.5. The van der Waals surface area contributed by atoms with Gasteiger partial charge in [-0.05, 0) is 51.4 Å². The molecule has 1 aromatic heterocycles. The minimum atomic E-state index is -0.161. The minimum Gasteiger partial charge on any atom is -0.360 e. The molecule has 3 fully saturated rings. The molecular formula is C18H26N4O3. The second-order valence-corrected chi connectivity index (χ2v) is 7.85. The summed E-state index contributed by atoms with van der Waals surface area (Å²) in [6, 6.07) is 2.31. The van der Waals surface area contributed by atoms with Gasteiger partial charge in [-0.1, -0.05) is 5.16 Å². The monoisotopic (exact) mass is 346 g/mol. The molecule has 3 aliphatic rings. The second-order valence-electron chi connectivity index (χ2n) is 7.85. The summed E-state index contributed by atoms with van der Waals surface area (Å²) in [6.45, 7) is 0. The fraction of sp³-hybridized carbons (Fsp3) is 0.722. The standard InChI is InChI=1S/C18H26N4O3/c19-12-7-11(8-12)17(23)20-13-3-5-14(6-4-13)21-18(24)15-9-16(25-22-15)10-1-2-10/h9-14H,1-8,19H2,(H,20,23)(H,21,24). The molecule has 4 N–H and O–H groups in total. The van der Waals surface area contributed by atoms with E-state index < -0.39 is 0 Å². The number of carbonyl (C=O) groups is 2. The summed E-state index contributed by atoms with van der Waals surface area (Å²) in [6.07, 6.45) is 7.37. The van der Waals surface area contributed by atoms with Crippen LogP contribution in [-0.2, 0) is 4.79 Å². The lowest BCUT2D eigenvalue weighted by molar-refractivity contribution is -0.128. The zero-order valence-electron chi connectivity index (χ0n) is 14.4. The molecule has 7 heteroatoms. The van der Waals surface area contributed by atoms with E-state index in [1.54, 1.807) is 6.07 Å². The van der Waals surface area contributed by atoms with Crippen molar-refractivity contribution in [2.24, 2.45) is 11.7 Å². The van der Waals surface area contributed by atoms with Crippen molar-refractivity contribution < 1.29 is 14.1 Å². The SMILES string of the molecule is NC1CC(C(=O)NC2CCC(NC(=O)c3cc(C4CC4)on3)CC2)C1. The predicted octanol–water partition coefficient (Wildman–Crippen LogP) is 1.45. The third kappa shape index (κ3) is 3.86. The van der Waals surface area contributed by atoms with Gasteiger partial charge < -0.3 is 20.9 Å². The van der Waals surface area contributed by atoms with Gasteiger partial charge in [0, 0.05) is 36.0 Å². The topological polar surface area (TPSA) is 110 Å². The summed E-state index contributed by atoms with van der Waals surface area (Å²) in [7, 11) is 0. The van der Waals surface area contributed by atoms with Crippen molar-refractivity contribution in [3.05, 3.63) is 17.5 Å². The van der Waals surface area contributed by atoms with E-state index in [1.165, 1.54) is 0 Å². The van der Waals surface area contributed by atoms with Crippen LogP contribution in [0.3, 0.4) is 0 Å². The van der Waals surface area contributed by atoms with E-state index in [2.05, 4.69) is 15.8 Å². The largest absolute Gasteiger partial charge is 0.360 e. The molecule has 0 unspecified atom stereocenters. The number of carbonyl (C=O) groups excluding carboxylic acids is 2. The summed E-state index contributed by atoms with van der Waals surface area (Å²) in [4.78, 5) is 24.4. The van der Waals surface area contributed by atoms with E-state index in [4.69, 9.17) is 10.3 Å². The molecule has 0 atom stereocenters. The maximum atomic E-state index is 12.3. The summed E-state index contributed by atoms with van der Waals surface area (Å²) in [5.74, 6) is 1.36. The molecule has 1 heterocycles. The van der Waals surface area contributed by atoms with Crippen molar-refractivity contribution in [3.63, 3.8) is 0 Å².